The molecule has 0 saturated carbocycles. The summed E-state index contributed by atoms with van der Waals surface area (Å²) < 4.78 is 5.02. The van der Waals surface area contributed by atoms with E-state index in [0.29, 0.717) is 0 Å². The standard InChI is InChI=1S/C52H33N3SSi/c1-4-18-34(19-5-1)49-51-50(40-27-13-17-31-48(40)57(51,35-20-6-2-7-21-35)36-22-8-3-9-23-36)54-52(53-49)39-26-11-15-29-44(39)55-43-28-14-10-24-37(43)41-32-42-38-25-12-16-30-46(38)56-47(42)33-45(41)55/h1-33H. The zero-order valence-electron chi connectivity index (χ0n) is 30.8. The molecule has 4 heterocycles. The number of benzene rings is 8. The first-order valence-electron chi connectivity index (χ1n) is 19.4. The molecule has 0 saturated heterocycles. The molecule has 0 spiro atoms. The van der Waals surface area contributed by atoms with Gasteiger partial charge in [0.25, 0.3) is 0 Å². The van der Waals surface area contributed by atoms with Crippen LogP contribution in [0, 0.1) is 0 Å². The lowest BCUT2D eigenvalue weighted by atomic mass is 10.1. The highest BCUT2D eigenvalue weighted by molar-refractivity contribution is 7.26. The average molecular weight is 760 g/mol. The molecule has 11 aromatic rings. The van der Waals surface area contributed by atoms with Crippen LogP contribution in [0.4, 0.5) is 0 Å². The highest BCUT2D eigenvalue weighted by Gasteiger charge is 2.51. The van der Waals surface area contributed by atoms with E-state index in [1.165, 1.54) is 62.8 Å². The third kappa shape index (κ3) is 4.64. The van der Waals surface area contributed by atoms with Gasteiger partial charge in [0.15, 0.2) is 13.9 Å². The molecule has 1 aliphatic rings. The largest absolute Gasteiger partial charge is 0.308 e. The molecule has 0 N–H and O–H groups in total. The summed E-state index contributed by atoms with van der Waals surface area (Å²) >= 11 is 1.86. The molecule has 57 heavy (non-hydrogen) atoms. The van der Waals surface area contributed by atoms with Crippen molar-refractivity contribution in [2.45, 2.75) is 0 Å². The van der Waals surface area contributed by atoms with E-state index in [9.17, 15) is 0 Å². The normalized spacial score (nSPS) is 13.1. The summed E-state index contributed by atoms with van der Waals surface area (Å²) in [6.45, 7) is 0. The molecule has 0 unspecified atom stereocenters. The number of thiophene rings is 1. The van der Waals surface area contributed by atoms with Crippen LogP contribution in [-0.2, 0) is 0 Å². The second-order valence-electron chi connectivity index (χ2n) is 14.8. The van der Waals surface area contributed by atoms with Crippen molar-refractivity contribution in [2.24, 2.45) is 0 Å². The maximum Gasteiger partial charge on any atom is 0.185 e. The molecule has 1 aliphatic heterocycles. The molecule has 0 amide bonds. The van der Waals surface area contributed by atoms with Crippen molar-refractivity contribution < 1.29 is 0 Å². The van der Waals surface area contributed by atoms with E-state index in [1.54, 1.807) is 0 Å². The highest BCUT2D eigenvalue weighted by atomic mass is 32.1. The van der Waals surface area contributed by atoms with E-state index >= 15 is 0 Å². The summed E-state index contributed by atoms with van der Waals surface area (Å²) in [6.07, 6.45) is 0. The molecular formula is C52H33N3SSi. The van der Waals surface area contributed by atoms with E-state index in [0.717, 1.165) is 39.5 Å². The summed E-state index contributed by atoms with van der Waals surface area (Å²) in [7, 11) is -2.89. The maximum absolute atomic E-state index is 5.74. The minimum Gasteiger partial charge on any atom is -0.308 e. The van der Waals surface area contributed by atoms with Gasteiger partial charge >= 0.3 is 0 Å². The number of hydrogen-bond donors (Lipinski definition) is 0. The van der Waals surface area contributed by atoms with Crippen LogP contribution in [0.3, 0.4) is 0 Å². The minimum atomic E-state index is -2.89. The second kappa shape index (κ2) is 12.5. The Balaban J connectivity index is 1.18. The zero-order chi connectivity index (χ0) is 37.5. The van der Waals surface area contributed by atoms with E-state index in [4.69, 9.17) is 9.97 Å². The first kappa shape index (κ1) is 32.3. The van der Waals surface area contributed by atoms with Crippen molar-refractivity contribution in [1.82, 2.24) is 14.5 Å². The van der Waals surface area contributed by atoms with Gasteiger partial charge in [-0.1, -0.05) is 164 Å². The zero-order valence-corrected chi connectivity index (χ0v) is 32.6. The lowest BCUT2D eigenvalue weighted by Gasteiger charge is -2.32. The van der Waals surface area contributed by atoms with Gasteiger partial charge in [-0.2, -0.15) is 0 Å². The Hall–Kier alpha value is -6.92. The van der Waals surface area contributed by atoms with Crippen molar-refractivity contribution in [3.05, 3.63) is 200 Å². The lowest BCUT2D eigenvalue weighted by Crippen LogP contribution is -2.73. The Morgan fingerprint density at radius 3 is 1.79 bits per heavy atom. The van der Waals surface area contributed by atoms with Crippen molar-refractivity contribution in [3.8, 4) is 39.6 Å². The van der Waals surface area contributed by atoms with Crippen molar-refractivity contribution in [3.63, 3.8) is 0 Å². The molecular weight excluding hydrogens is 727 g/mol. The van der Waals surface area contributed by atoms with Crippen LogP contribution in [-0.4, -0.2) is 22.6 Å². The van der Waals surface area contributed by atoms with Crippen LogP contribution in [0.2, 0.25) is 0 Å². The maximum atomic E-state index is 5.74. The number of aromatic nitrogens is 3. The quantitative estimate of drug-likeness (QED) is 0.164. The monoisotopic (exact) mass is 759 g/mol. The molecule has 0 atom stereocenters. The SMILES string of the molecule is c1ccc(-c2nc(-c3ccccc3-n3c4ccccc4c4cc5c(cc43)sc3ccccc35)nc3c2[Si](c2ccccc2)(c2ccccc2)c2ccccc2-3)cc1. The molecule has 5 heteroatoms. The van der Waals surface area contributed by atoms with E-state index < -0.39 is 8.07 Å². The van der Waals surface area contributed by atoms with Crippen LogP contribution in [0.15, 0.2) is 200 Å². The lowest BCUT2D eigenvalue weighted by molar-refractivity contribution is 1.15. The Labute approximate surface area is 334 Å². The second-order valence-corrected chi connectivity index (χ2v) is 19.6. The molecule has 8 aromatic carbocycles. The molecule has 0 aliphatic carbocycles. The summed E-state index contributed by atoms with van der Waals surface area (Å²) in [6, 6.07) is 73.0. The van der Waals surface area contributed by atoms with E-state index in [1.807, 2.05) is 11.3 Å². The van der Waals surface area contributed by atoms with Crippen LogP contribution in [0.1, 0.15) is 0 Å². The van der Waals surface area contributed by atoms with Gasteiger partial charge in [-0.15, -0.1) is 11.3 Å². The highest BCUT2D eigenvalue weighted by Crippen LogP contribution is 2.42. The molecule has 0 fully saturated rings. The third-order valence-corrected chi connectivity index (χ3v) is 17.9. The fraction of sp³-hybridized carbons (Fsp3) is 0. The first-order chi connectivity index (χ1) is 28.3. The number of fused-ring (bicyclic) bond motifs is 9. The smallest absolute Gasteiger partial charge is 0.185 e. The van der Waals surface area contributed by atoms with Gasteiger partial charge in [-0.25, -0.2) is 9.97 Å². The number of nitrogens with zero attached hydrogens (tertiary/aromatic N) is 3. The van der Waals surface area contributed by atoms with Gasteiger partial charge < -0.3 is 4.57 Å². The molecule has 12 rings (SSSR count). The summed E-state index contributed by atoms with van der Waals surface area (Å²) in [5.74, 6) is 0.720. The molecule has 3 aromatic heterocycles. The summed E-state index contributed by atoms with van der Waals surface area (Å²) in [5.41, 5.74) is 8.70. The van der Waals surface area contributed by atoms with Crippen LogP contribution < -0.4 is 20.7 Å². The fourth-order valence-electron chi connectivity index (χ4n) is 9.53. The minimum absolute atomic E-state index is 0.720. The molecule has 3 nitrogen and oxygen atoms in total. The Bertz CT molecular complexity index is 3310. The van der Waals surface area contributed by atoms with E-state index in [2.05, 4.69) is 205 Å². The van der Waals surface area contributed by atoms with Crippen LogP contribution in [0.25, 0.3) is 81.6 Å². The average Bonchev–Trinajstić information content (AvgIpc) is 3.92. The van der Waals surface area contributed by atoms with Gasteiger partial charge in [0.2, 0.25) is 0 Å². The number of rotatable bonds is 5. The predicted molar refractivity (Wildman–Crippen MR) is 243 cm³/mol. The van der Waals surface area contributed by atoms with Gasteiger partial charge in [0.05, 0.1) is 28.1 Å². The number of hydrogen-bond acceptors (Lipinski definition) is 3. The first-order valence-corrected chi connectivity index (χ1v) is 22.2. The van der Waals surface area contributed by atoms with Gasteiger partial charge in [-0.05, 0) is 52.0 Å². The summed E-state index contributed by atoms with van der Waals surface area (Å²) in [5, 5.41) is 10.3. The summed E-state index contributed by atoms with van der Waals surface area (Å²) in [4.78, 5) is 11.5. The molecule has 0 radical (unpaired) electrons. The fourth-order valence-corrected chi connectivity index (χ4v) is 15.9. The van der Waals surface area contributed by atoms with Crippen LogP contribution >= 0.6 is 11.3 Å². The Morgan fingerprint density at radius 1 is 0.421 bits per heavy atom. The van der Waals surface area contributed by atoms with E-state index in [-0.39, 0.29) is 0 Å². The van der Waals surface area contributed by atoms with Crippen LogP contribution in [0.5, 0.6) is 0 Å². The van der Waals surface area contributed by atoms with Gasteiger partial charge in [0, 0.05) is 52.8 Å². The van der Waals surface area contributed by atoms with Gasteiger partial charge in [0.1, 0.15) is 0 Å². The van der Waals surface area contributed by atoms with Gasteiger partial charge in [-0.3, -0.25) is 0 Å². The van der Waals surface area contributed by atoms with Crippen molar-refractivity contribution in [1.29, 1.82) is 0 Å². The third-order valence-electron chi connectivity index (χ3n) is 11.9. The molecule has 266 valence electrons. The molecule has 0 bridgehead atoms. The van der Waals surface area contributed by atoms with Crippen molar-refractivity contribution >= 4 is 82.1 Å². The Morgan fingerprint density at radius 2 is 1.02 bits per heavy atom. The predicted octanol–water partition coefficient (Wildman–Crippen LogP) is 10.6. The number of para-hydroxylation sites is 2. The topological polar surface area (TPSA) is 30.7 Å². The van der Waals surface area contributed by atoms with Crippen molar-refractivity contribution in [2.75, 3.05) is 0 Å². The Kier molecular flexibility index (Phi) is 7.12.